The van der Waals surface area contributed by atoms with Crippen molar-refractivity contribution in [3.63, 3.8) is 0 Å². The fourth-order valence-corrected chi connectivity index (χ4v) is 3.13. The lowest BCUT2D eigenvalue weighted by Crippen LogP contribution is -2.51. The van der Waals surface area contributed by atoms with E-state index in [1.807, 2.05) is 6.92 Å². The lowest BCUT2D eigenvalue weighted by Gasteiger charge is -2.37. The van der Waals surface area contributed by atoms with Crippen molar-refractivity contribution in [2.45, 2.75) is 38.3 Å². The van der Waals surface area contributed by atoms with Gasteiger partial charge in [0, 0.05) is 12.1 Å². The minimum atomic E-state index is -0.0910. The summed E-state index contributed by atoms with van der Waals surface area (Å²) < 4.78 is 0. The topological polar surface area (TPSA) is 58.4 Å². The molecule has 0 spiro atoms. The van der Waals surface area contributed by atoms with Crippen LogP contribution in [0.2, 0.25) is 10.0 Å². The monoisotopic (exact) mass is 329 g/mol. The highest BCUT2D eigenvalue weighted by molar-refractivity contribution is 6.43. The summed E-state index contributed by atoms with van der Waals surface area (Å²) in [5.74, 6) is -0.0910. The molecular weight excluding hydrogens is 309 g/mol. The normalized spacial score (nSPS) is 21.0. The summed E-state index contributed by atoms with van der Waals surface area (Å²) in [4.78, 5) is 14.4. The molecular formula is C15H21Cl2N3O. The lowest BCUT2D eigenvalue weighted by atomic mass is 9.97. The number of carbonyl (C=O) groups excluding carboxylic acids is 1. The molecule has 3 N–H and O–H groups in total. The van der Waals surface area contributed by atoms with Gasteiger partial charge in [-0.15, -0.1) is 0 Å². The number of carbonyl (C=O) groups is 1. The number of nitrogens with two attached hydrogens (primary N) is 1. The molecule has 6 heteroatoms. The predicted octanol–water partition coefficient (Wildman–Crippen LogP) is 3.13. The molecule has 0 aromatic heterocycles. The molecule has 2 atom stereocenters. The van der Waals surface area contributed by atoms with Gasteiger partial charge in [0.25, 0.3) is 0 Å². The Bertz CT molecular complexity index is 508. The number of amides is 1. The lowest BCUT2D eigenvalue weighted by molar-refractivity contribution is -0.118. The molecule has 1 fully saturated rings. The molecule has 21 heavy (non-hydrogen) atoms. The van der Waals surface area contributed by atoms with Gasteiger partial charge in [0.2, 0.25) is 5.91 Å². The Hall–Kier alpha value is -0.810. The van der Waals surface area contributed by atoms with E-state index in [-0.39, 0.29) is 18.0 Å². The average molecular weight is 330 g/mol. The zero-order valence-corrected chi connectivity index (χ0v) is 13.6. The third kappa shape index (κ3) is 4.33. The van der Waals surface area contributed by atoms with Gasteiger partial charge < -0.3 is 11.1 Å². The molecule has 0 radical (unpaired) electrons. The molecule has 2 unspecified atom stereocenters. The Balaban J connectivity index is 1.99. The number of hydrogen-bond acceptors (Lipinski definition) is 3. The van der Waals surface area contributed by atoms with Gasteiger partial charge in [-0.1, -0.05) is 35.7 Å². The van der Waals surface area contributed by atoms with E-state index in [4.69, 9.17) is 28.9 Å². The van der Waals surface area contributed by atoms with E-state index in [0.29, 0.717) is 22.3 Å². The van der Waals surface area contributed by atoms with E-state index in [1.165, 1.54) is 6.42 Å². The standard InChI is InChI=1S/C15H21Cl2N3O/c1-10(18)13-7-2-3-8-20(13)9-14(21)19-12-6-4-5-11(16)15(12)17/h4-6,10,13H,2-3,7-9,18H2,1H3,(H,19,21). The molecule has 0 bridgehead atoms. The van der Waals surface area contributed by atoms with Gasteiger partial charge in [-0.2, -0.15) is 0 Å². The second-order valence-electron chi connectivity index (χ2n) is 5.54. The first kappa shape index (κ1) is 16.6. The number of anilines is 1. The molecule has 0 aliphatic carbocycles. The van der Waals surface area contributed by atoms with Crippen LogP contribution in [0.15, 0.2) is 18.2 Å². The summed E-state index contributed by atoms with van der Waals surface area (Å²) in [5, 5.41) is 3.62. The van der Waals surface area contributed by atoms with Crippen LogP contribution in [-0.4, -0.2) is 36.0 Å². The van der Waals surface area contributed by atoms with Crippen LogP contribution in [0.3, 0.4) is 0 Å². The summed E-state index contributed by atoms with van der Waals surface area (Å²) in [7, 11) is 0. The maximum absolute atomic E-state index is 12.2. The molecule has 116 valence electrons. The fourth-order valence-electron chi connectivity index (χ4n) is 2.78. The third-order valence-corrected chi connectivity index (χ3v) is 4.66. The summed E-state index contributed by atoms with van der Waals surface area (Å²) in [5.41, 5.74) is 6.56. The first-order valence-corrected chi connectivity index (χ1v) is 7.98. The van der Waals surface area contributed by atoms with Gasteiger partial charge in [0.15, 0.2) is 0 Å². The zero-order valence-electron chi connectivity index (χ0n) is 12.1. The van der Waals surface area contributed by atoms with Crippen molar-refractivity contribution < 1.29 is 4.79 Å². The highest BCUT2D eigenvalue weighted by Gasteiger charge is 2.27. The minimum absolute atomic E-state index is 0.0628. The van der Waals surface area contributed by atoms with E-state index in [9.17, 15) is 4.79 Å². The Labute approximate surface area is 135 Å². The Morgan fingerprint density at radius 3 is 2.95 bits per heavy atom. The SMILES string of the molecule is CC(N)C1CCCCN1CC(=O)Nc1cccc(Cl)c1Cl. The van der Waals surface area contributed by atoms with Crippen molar-refractivity contribution in [2.75, 3.05) is 18.4 Å². The highest BCUT2D eigenvalue weighted by Crippen LogP contribution is 2.29. The number of nitrogens with zero attached hydrogens (tertiary/aromatic N) is 1. The second kappa shape index (κ2) is 7.45. The number of benzene rings is 1. The quantitative estimate of drug-likeness (QED) is 0.892. The van der Waals surface area contributed by atoms with Crippen molar-refractivity contribution >= 4 is 34.8 Å². The van der Waals surface area contributed by atoms with Crippen LogP contribution in [-0.2, 0) is 4.79 Å². The van der Waals surface area contributed by atoms with Gasteiger partial charge in [-0.3, -0.25) is 9.69 Å². The van der Waals surface area contributed by atoms with Crippen molar-refractivity contribution in [3.05, 3.63) is 28.2 Å². The molecule has 1 saturated heterocycles. The van der Waals surface area contributed by atoms with Gasteiger partial charge in [0.1, 0.15) is 0 Å². The second-order valence-corrected chi connectivity index (χ2v) is 6.33. The molecule has 4 nitrogen and oxygen atoms in total. The predicted molar refractivity (Wildman–Crippen MR) is 88.0 cm³/mol. The van der Waals surface area contributed by atoms with E-state index >= 15 is 0 Å². The maximum atomic E-state index is 12.2. The van der Waals surface area contributed by atoms with Gasteiger partial charge in [0.05, 0.1) is 22.3 Å². The molecule has 1 aromatic carbocycles. The third-order valence-electron chi connectivity index (χ3n) is 3.84. The van der Waals surface area contributed by atoms with Crippen LogP contribution in [0.5, 0.6) is 0 Å². The number of nitrogens with one attached hydrogen (secondary N) is 1. The summed E-state index contributed by atoms with van der Waals surface area (Å²) in [6, 6.07) is 5.52. The summed E-state index contributed by atoms with van der Waals surface area (Å²) in [6.45, 7) is 3.23. The van der Waals surface area contributed by atoms with E-state index in [0.717, 1.165) is 19.4 Å². The smallest absolute Gasteiger partial charge is 0.238 e. The molecule has 1 amide bonds. The fraction of sp³-hybridized carbons (Fsp3) is 0.533. The van der Waals surface area contributed by atoms with Crippen LogP contribution in [0.25, 0.3) is 0 Å². The van der Waals surface area contributed by atoms with Crippen LogP contribution < -0.4 is 11.1 Å². The summed E-state index contributed by atoms with van der Waals surface area (Å²) >= 11 is 12.0. The van der Waals surface area contributed by atoms with Crippen LogP contribution in [0, 0.1) is 0 Å². The van der Waals surface area contributed by atoms with Gasteiger partial charge >= 0.3 is 0 Å². The van der Waals surface area contributed by atoms with E-state index < -0.39 is 0 Å². The Morgan fingerprint density at radius 1 is 1.48 bits per heavy atom. The first-order chi connectivity index (χ1) is 9.99. The first-order valence-electron chi connectivity index (χ1n) is 7.22. The molecule has 0 saturated carbocycles. The largest absolute Gasteiger partial charge is 0.327 e. The molecule has 1 aromatic rings. The van der Waals surface area contributed by atoms with Gasteiger partial charge in [-0.25, -0.2) is 0 Å². The van der Waals surface area contributed by atoms with Crippen LogP contribution in [0.4, 0.5) is 5.69 Å². The number of rotatable bonds is 4. The average Bonchev–Trinajstić information content (AvgIpc) is 2.44. The molecule has 1 aliphatic heterocycles. The number of piperidine rings is 1. The number of likely N-dealkylation sites (tertiary alicyclic amines) is 1. The van der Waals surface area contributed by atoms with E-state index in [2.05, 4.69) is 10.2 Å². The van der Waals surface area contributed by atoms with Crippen molar-refractivity contribution in [2.24, 2.45) is 5.73 Å². The summed E-state index contributed by atoms with van der Waals surface area (Å²) in [6.07, 6.45) is 3.32. The van der Waals surface area contributed by atoms with Crippen molar-refractivity contribution in [1.29, 1.82) is 0 Å². The molecule has 1 heterocycles. The Morgan fingerprint density at radius 2 is 2.24 bits per heavy atom. The number of halogens is 2. The number of hydrogen-bond donors (Lipinski definition) is 2. The molecule has 1 aliphatic rings. The zero-order chi connectivity index (χ0) is 15.4. The highest BCUT2D eigenvalue weighted by atomic mass is 35.5. The van der Waals surface area contributed by atoms with Crippen LogP contribution >= 0.6 is 23.2 Å². The Kier molecular flexibility index (Phi) is 5.88. The molecule has 2 rings (SSSR count). The van der Waals surface area contributed by atoms with Gasteiger partial charge in [-0.05, 0) is 38.4 Å². The van der Waals surface area contributed by atoms with E-state index in [1.54, 1.807) is 18.2 Å². The van der Waals surface area contributed by atoms with Crippen molar-refractivity contribution in [1.82, 2.24) is 4.90 Å². The van der Waals surface area contributed by atoms with Crippen molar-refractivity contribution in [3.8, 4) is 0 Å². The maximum Gasteiger partial charge on any atom is 0.238 e. The van der Waals surface area contributed by atoms with Crippen LogP contribution in [0.1, 0.15) is 26.2 Å². The minimum Gasteiger partial charge on any atom is -0.327 e.